The normalized spacial score (nSPS) is 9.93. The molecule has 0 spiro atoms. The Morgan fingerprint density at radius 3 is 2.71 bits per heavy atom. The van der Waals surface area contributed by atoms with Crippen molar-refractivity contribution < 1.29 is 0 Å². The molecule has 76 valence electrons. The average molecular weight is 230 g/mol. The third-order valence-corrected chi connectivity index (χ3v) is 2.70. The molecular weight excluding hydrogens is 217 g/mol. The maximum absolute atomic E-state index is 6.08. The molecule has 0 saturated heterocycles. The lowest BCUT2D eigenvalue weighted by molar-refractivity contribution is 1.17. The molecule has 0 heterocycles. The summed E-state index contributed by atoms with van der Waals surface area (Å²) in [7, 11) is 0. The third-order valence-electron chi connectivity index (χ3n) is 1.90. The van der Waals surface area contributed by atoms with Crippen LogP contribution in [-0.2, 0) is 6.42 Å². The SMILES string of the molecule is C=CCc1ccc(Cl)c(Cl)c1NCC. The molecule has 1 N–H and O–H groups in total. The molecule has 1 nitrogen and oxygen atoms in total. The van der Waals surface area contributed by atoms with Gasteiger partial charge in [0.2, 0.25) is 0 Å². The lowest BCUT2D eigenvalue weighted by Gasteiger charge is -2.12. The van der Waals surface area contributed by atoms with E-state index in [2.05, 4.69) is 11.9 Å². The van der Waals surface area contributed by atoms with Crippen molar-refractivity contribution in [1.29, 1.82) is 0 Å². The third kappa shape index (κ3) is 2.43. The van der Waals surface area contributed by atoms with Crippen LogP contribution in [0.5, 0.6) is 0 Å². The number of rotatable bonds is 4. The van der Waals surface area contributed by atoms with Gasteiger partial charge in [0.15, 0.2) is 0 Å². The van der Waals surface area contributed by atoms with Crippen molar-refractivity contribution in [3.8, 4) is 0 Å². The van der Waals surface area contributed by atoms with Gasteiger partial charge in [-0.1, -0.05) is 35.3 Å². The van der Waals surface area contributed by atoms with Gasteiger partial charge in [-0.3, -0.25) is 0 Å². The first kappa shape index (κ1) is 11.4. The standard InChI is InChI=1S/C11H13Cl2N/c1-3-5-8-6-7-9(12)10(13)11(8)14-4-2/h3,6-7,14H,1,4-5H2,2H3. The second-order valence-corrected chi connectivity index (χ2v) is 3.70. The summed E-state index contributed by atoms with van der Waals surface area (Å²) in [6.07, 6.45) is 2.64. The fraction of sp³-hybridized carbons (Fsp3) is 0.273. The van der Waals surface area contributed by atoms with Crippen molar-refractivity contribution in [2.24, 2.45) is 0 Å². The van der Waals surface area contributed by atoms with Gasteiger partial charge in [0.05, 0.1) is 15.7 Å². The molecule has 0 aliphatic rings. The minimum Gasteiger partial charge on any atom is -0.384 e. The summed E-state index contributed by atoms with van der Waals surface area (Å²) in [4.78, 5) is 0. The van der Waals surface area contributed by atoms with Crippen molar-refractivity contribution in [2.75, 3.05) is 11.9 Å². The molecule has 0 atom stereocenters. The van der Waals surface area contributed by atoms with Gasteiger partial charge in [0.1, 0.15) is 0 Å². The van der Waals surface area contributed by atoms with Gasteiger partial charge in [0.25, 0.3) is 0 Å². The molecule has 0 aliphatic carbocycles. The molecule has 0 unspecified atom stereocenters. The van der Waals surface area contributed by atoms with Crippen molar-refractivity contribution >= 4 is 28.9 Å². The number of hydrogen-bond acceptors (Lipinski definition) is 1. The summed E-state index contributed by atoms with van der Waals surface area (Å²) in [5.74, 6) is 0. The molecule has 0 bridgehead atoms. The Kier molecular flexibility index (Phi) is 4.30. The van der Waals surface area contributed by atoms with E-state index in [0.717, 1.165) is 24.2 Å². The molecule has 0 aromatic heterocycles. The molecule has 14 heavy (non-hydrogen) atoms. The number of nitrogens with one attached hydrogen (secondary N) is 1. The second-order valence-electron chi connectivity index (χ2n) is 2.92. The summed E-state index contributed by atoms with van der Waals surface area (Å²) >= 11 is 12.0. The maximum Gasteiger partial charge on any atom is 0.0826 e. The first-order valence-corrected chi connectivity index (χ1v) is 5.28. The monoisotopic (exact) mass is 229 g/mol. The number of hydrogen-bond donors (Lipinski definition) is 1. The van der Waals surface area contributed by atoms with Crippen LogP contribution in [0.4, 0.5) is 5.69 Å². The van der Waals surface area contributed by atoms with Gasteiger partial charge in [-0.25, -0.2) is 0 Å². The van der Waals surface area contributed by atoms with Gasteiger partial charge in [-0.05, 0) is 25.0 Å². The second kappa shape index (κ2) is 5.28. The molecule has 0 fully saturated rings. The van der Waals surface area contributed by atoms with E-state index < -0.39 is 0 Å². The maximum atomic E-state index is 6.08. The zero-order valence-electron chi connectivity index (χ0n) is 8.11. The Balaban J connectivity index is 3.14. The predicted molar refractivity (Wildman–Crippen MR) is 64.5 cm³/mol. The zero-order chi connectivity index (χ0) is 10.6. The van der Waals surface area contributed by atoms with Crippen molar-refractivity contribution in [1.82, 2.24) is 0 Å². The summed E-state index contributed by atoms with van der Waals surface area (Å²) in [6, 6.07) is 3.78. The van der Waals surface area contributed by atoms with Crippen molar-refractivity contribution in [3.63, 3.8) is 0 Å². The van der Waals surface area contributed by atoms with Crippen molar-refractivity contribution in [2.45, 2.75) is 13.3 Å². The van der Waals surface area contributed by atoms with Gasteiger partial charge >= 0.3 is 0 Å². The molecule has 1 rings (SSSR count). The molecule has 1 aromatic rings. The minimum atomic E-state index is 0.579. The number of anilines is 1. The quantitative estimate of drug-likeness (QED) is 0.766. The van der Waals surface area contributed by atoms with E-state index in [1.54, 1.807) is 0 Å². The van der Waals surface area contributed by atoms with Crippen LogP contribution < -0.4 is 5.32 Å². The molecule has 3 heteroatoms. The van der Waals surface area contributed by atoms with Crippen LogP contribution in [0, 0.1) is 0 Å². The summed E-state index contributed by atoms with van der Waals surface area (Å²) in [5.41, 5.74) is 2.04. The molecule has 0 radical (unpaired) electrons. The van der Waals surface area contributed by atoms with E-state index >= 15 is 0 Å². The lowest BCUT2D eigenvalue weighted by Crippen LogP contribution is -2.01. The topological polar surface area (TPSA) is 12.0 Å². The Bertz CT molecular complexity index is 334. The van der Waals surface area contributed by atoms with Crippen LogP contribution in [0.2, 0.25) is 10.0 Å². The van der Waals surface area contributed by atoms with Gasteiger partial charge in [-0.2, -0.15) is 0 Å². The Hall–Kier alpha value is -0.660. The van der Waals surface area contributed by atoms with Crippen LogP contribution in [0.15, 0.2) is 24.8 Å². The minimum absolute atomic E-state index is 0.579. The summed E-state index contributed by atoms with van der Waals surface area (Å²) in [6.45, 7) is 6.55. The van der Waals surface area contributed by atoms with E-state index in [0.29, 0.717) is 10.0 Å². The number of halogens is 2. The first-order valence-electron chi connectivity index (χ1n) is 4.52. The van der Waals surface area contributed by atoms with Gasteiger partial charge in [-0.15, -0.1) is 6.58 Å². The molecule has 0 saturated carbocycles. The predicted octanol–water partition coefficient (Wildman–Crippen LogP) is 4.15. The zero-order valence-corrected chi connectivity index (χ0v) is 9.62. The van der Waals surface area contributed by atoms with Gasteiger partial charge in [0, 0.05) is 6.54 Å². The Labute approximate surface area is 94.7 Å². The van der Waals surface area contributed by atoms with Crippen LogP contribution in [-0.4, -0.2) is 6.54 Å². The van der Waals surface area contributed by atoms with Gasteiger partial charge < -0.3 is 5.32 Å². The van der Waals surface area contributed by atoms with Crippen LogP contribution in [0.25, 0.3) is 0 Å². The highest BCUT2D eigenvalue weighted by molar-refractivity contribution is 6.43. The fourth-order valence-corrected chi connectivity index (χ4v) is 1.69. The highest BCUT2D eigenvalue weighted by Crippen LogP contribution is 2.33. The Morgan fingerprint density at radius 1 is 1.43 bits per heavy atom. The first-order chi connectivity index (χ1) is 6.70. The smallest absolute Gasteiger partial charge is 0.0826 e. The molecule has 1 aromatic carbocycles. The van der Waals surface area contributed by atoms with E-state index in [9.17, 15) is 0 Å². The molecule has 0 amide bonds. The highest BCUT2D eigenvalue weighted by atomic mass is 35.5. The average Bonchev–Trinajstić information content (AvgIpc) is 2.18. The van der Waals surface area contributed by atoms with E-state index in [1.165, 1.54) is 0 Å². The largest absolute Gasteiger partial charge is 0.384 e. The van der Waals surface area contributed by atoms with Crippen LogP contribution in [0.1, 0.15) is 12.5 Å². The molecular formula is C11H13Cl2N. The van der Waals surface area contributed by atoms with Crippen LogP contribution >= 0.6 is 23.2 Å². The Morgan fingerprint density at radius 2 is 2.14 bits per heavy atom. The lowest BCUT2D eigenvalue weighted by atomic mass is 10.1. The van der Waals surface area contributed by atoms with E-state index in [-0.39, 0.29) is 0 Å². The van der Waals surface area contributed by atoms with E-state index in [1.807, 2.05) is 25.1 Å². The summed E-state index contributed by atoms with van der Waals surface area (Å²) in [5, 5.41) is 4.38. The number of benzene rings is 1. The van der Waals surface area contributed by atoms with Crippen molar-refractivity contribution in [3.05, 3.63) is 40.4 Å². The van der Waals surface area contributed by atoms with E-state index in [4.69, 9.17) is 23.2 Å². The van der Waals surface area contributed by atoms with Crippen LogP contribution in [0.3, 0.4) is 0 Å². The summed E-state index contributed by atoms with van der Waals surface area (Å²) < 4.78 is 0. The highest BCUT2D eigenvalue weighted by Gasteiger charge is 2.08. The molecule has 0 aliphatic heterocycles. The fourth-order valence-electron chi connectivity index (χ4n) is 1.28. The number of allylic oxidation sites excluding steroid dienone is 1.